The van der Waals surface area contributed by atoms with E-state index >= 15 is 0 Å². The van der Waals surface area contributed by atoms with Gasteiger partial charge in [-0.1, -0.05) is 19.1 Å². The molecule has 0 fully saturated rings. The zero-order valence-corrected chi connectivity index (χ0v) is 4.12. The van der Waals surface area contributed by atoms with Crippen LogP contribution in [0.2, 0.25) is 12.6 Å². The Morgan fingerprint density at radius 3 is 1.40 bits per heavy atom. The SMILES string of the molecule is BCCCB. The van der Waals surface area contributed by atoms with Gasteiger partial charge >= 0.3 is 0 Å². The van der Waals surface area contributed by atoms with Crippen molar-refractivity contribution in [1.29, 1.82) is 0 Å². The van der Waals surface area contributed by atoms with E-state index < -0.39 is 0 Å². The molecule has 0 aliphatic carbocycles. The van der Waals surface area contributed by atoms with Crippen molar-refractivity contribution < 1.29 is 0 Å². The topological polar surface area (TPSA) is 0 Å². The van der Waals surface area contributed by atoms with Crippen molar-refractivity contribution in [2.75, 3.05) is 0 Å². The Labute approximate surface area is 35.8 Å². The van der Waals surface area contributed by atoms with E-state index in [1.807, 2.05) is 0 Å². The van der Waals surface area contributed by atoms with Crippen molar-refractivity contribution in [2.45, 2.75) is 19.1 Å². The molecule has 0 amide bonds. The van der Waals surface area contributed by atoms with Crippen LogP contribution >= 0.6 is 0 Å². The lowest BCUT2D eigenvalue weighted by molar-refractivity contribution is 1.08. The molecule has 0 spiro atoms. The third-order valence-electron chi connectivity index (χ3n) is 0.707. The first kappa shape index (κ1) is 5.13. The lowest BCUT2D eigenvalue weighted by atomic mass is 9.93. The molecule has 0 rings (SSSR count). The lowest BCUT2D eigenvalue weighted by Gasteiger charge is -1.78. The maximum atomic E-state index is 2.21. The van der Waals surface area contributed by atoms with Crippen LogP contribution < -0.4 is 0 Å². The van der Waals surface area contributed by atoms with Crippen LogP contribution in [-0.4, -0.2) is 15.7 Å². The fourth-order valence-electron chi connectivity index (χ4n) is 0.354. The average molecular weight is 67.7 g/mol. The highest BCUT2D eigenvalue weighted by Gasteiger charge is 1.69. The third-order valence-corrected chi connectivity index (χ3v) is 0.707. The molecule has 0 saturated carbocycles. The fraction of sp³-hybridized carbons (Fsp3) is 1.00. The fourth-order valence-corrected chi connectivity index (χ4v) is 0.354. The van der Waals surface area contributed by atoms with E-state index in [4.69, 9.17) is 0 Å². The predicted molar refractivity (Wildman–Crippen MR) is 31.3 cm³/mol. The molecule has 0 aromatic carbocycles. The van der Waals surface area contributed by atoms with Gasteiger partial charge in [0.15, 0.2) is 0 Å². The molecule has 0 aliphatic heterocycles. The van der Waals surface area contributed by atoms with Gasteiger partial charge in [-0.15, -0.1) is 0 Å². The second kappa shape index (κ2) is 4.13. The van der Waals surface area contributed by atoms with Crippen LogP contribution in [-0.2, 0) is 0 Å². The number of hydrogen-bond donors (Lipinski definition) is 0. The Morgan fingerprint density at radius 1 is 1.00 bits per heavy atom. The molecule has 2 heteroatoms. The summed E-state index contributed by atoms with van der Waals surface area (Å²) < 4.78 is 0. The van der Waals surface area contributed by atoms with Gasteiger partial charge in [-0.3, -0.25) is 0 Å². The van der Waals surface area contributed by atoms with Gasteiger partial charge in [0.2, 0.25) is 0 Å². The monoisotopic (exact) mass is 68.1 g/mol. The maximum Gasteiger partial charge on any atom is 0.101 e. The molecule has 0 aromatic rings. The smallest absolute Gasteiger partial charge is 0.0817 e. The van der Waals surface area contributed by atoms with E-state index in [1.54, 1.807) is 0 Å². The number of hydrogen-bond acceptors (Lipinski definition) is 0. The van der Waals surface area contributed by atoms with Gasteiger partial charge in [0.25, 0.3) is 0 Å². The molecular weight excluding hydrogens is 57.7 g/mol. The Balaban J connectivity index is 2.19. The van der Waals surface area contributed by atoms with E-state index in [9.17, 15) is 0 Å². The van der Waals surface area contributed by atoms with E-state index in [0.717, 1.165) is 0 Å². The van der Waals surface area contributed by atoms with Crippen molar-refractivity contribution in [3.05, 3.63) is 0 Å². The van der Waals surface area contributed by atoms with E-state index in [0.29, 0.717) is 0 Å². The van der Waals surface area contributed by atoms with Gasteiger partial charge in [-0.2, -0.15) is 0 Å². The normalized spacial score (nSPS) is 8.00. The molecule has 28 valence electrons. The van der Waals surface area contributed by atoms with Gasteiger partial charge in [0.1, 0.15) is 15.7 Å². The van der Waals surface area contributed by atoms with Gasteiger partial charge in [0, 0.05) is 0 Å². The average Bonchev–Trinajstić information content (AvgIpc) is 1.41. The Bertz CT molecular complexity index is 12.4. The molecule has 0 heterocycles. The van der Waals surface area contributed by atoms with Crippen LogP contribution in [0, 0.1) is 0 Å². The van der Waals surface area contributed by atoms with Crippen LogP contribution in [0.4, 0.5) is 0 Å². The van der Waals surface area contributed by atoms with Gasteiger partial charge in [0.05, 0.1) is 0 Å². The summed E-state index contributed by atoms with van der Waals surface area (Å²) in [5, 5.41) is 0. The predicted octanol–water partition coefficient (Wildman–Crippen LogP) is -0.521. The maximum absolute atomic E-state index is 2.21. The zero-order chi connectivity index (χ0) is 4.12. The minimum Gasteiger partial charge on any atom is -0.0817 e. The standard InChI is InChI=1S/C3H10B2/c4-2-1-3-5/h1-5H2. The molecule has 0 N–H and O–H groups in total. The summed E-state index contributed by atoms with van der Waals surface area (Å²) >= 11 is 0. The van der Waals surface area contributed by atoms with Crippen LogP contribution in [0.3, 0.4) is 0 Å². The summed E-state index contributed by atoms with van der Waals surface area (Å²) in [6.45, 7) is 0. The van der Waals surface area contributed by atoms with Gasteiger partial charge < -0.3 is 0 Å². The molecule has 0 aromatic heterocycles. The second-order valence-corrected chi connectivity index (χ2v) is 1.35. The van der Waals surface area contributed by atoms with Crippen molar-refractivity contribution in [1.82, 2.24) is 0 Å². The minimum atomic E-state index is 1.34. The summed E-state index contributed by atoms with van der Waals surface area (Å²) in [7, 11) is 4.42. The Kier molecular flexibility index (Phi) is 4.24. The lowest BCUT2D eigenvalue weighted by Crippen LogP contribution is -1.67. The molecule has 0 atom stereocenters. The van der Waals surface area contributed by atoms with Crippen molar-refractivity contribution in [2.24, 2.45) is 0 Å². The summed E-state index contributed by atoms with van der Waals surface area (Å²) in [5.74, 6) is 0. The Morgan fingerprint density at radius 2 is 1.40 bits per heavy atom. The van der Waals surface area contributed by atoms with E-state index in [1.165, 1.54) is 19.1 Å². The summed E-state index contributed by atoms with van der Waals surface area (Å²) in [6, 6.07) is 0. The summed E-state index contributed by atoms with van der Waals surface area (Å²) in [5.41, 5.74) is 0. The van der Waals surface area contributed by atoms with Crippen molar-refractivity contribution in [3.8, 4) is 0 Å². The molecule has 0 bridgehead atoms. The van der Waals surface area contributed by atoms with Crippen molar-refractivity contribution in [3.63, 3.8) is 0 Å². The second-order valence-electron chi connectivity index (χ2n) is 1.35. The number of rotatable bonds is 2. The van der Waals surface area contributed by atoms with Crippen LogP contribution in [0.1, 0.15) is 6.42 Å². The van der Waals surface area contributed by atoms with Crippen LogP contribution in [0.5, 0.6) is 0 Å². The van der Waals surface area contributed by atoms with Gasteiger partial charge in [-0.25, -0.2) is 0 Å². The quantitative estimate of drug-likeness (QED) is 0.382. The molecule has 0 radical (unpaired) electrons. The first-order chi connectivity index (χ1) is 2.41. The molecule has 0 nitrogen and oxygen atoms in total. The van der Waals surface area contributed by atoms with Crippen LogP contribution in [0.15, 0.2) is 0 Å². The zero-order valence-electron chi connectivity index (χ0n) is 4.12. The van der Waals surface area contributed by atoms with Crippen molar-refractivity contribution >= 4 is 15.7 Å². The minimum absolute atomic E-state index is 1.34. The first-order valence-corrected chi connectivity index (χ1v) is 2.41. The van der Waals surface area contributed by atoms with E-state index in [2.05, 4.69) is 15.7 Å². The highest BCUT2D eigenvalue weighted by molar-refractivity contribution is 6.11. The summed E-state index contributed by atoms with van der Waals surface area (Å²) in [6.07, 6.45) is 4.08. The molecule has 5 heavy (non-hydrogen) atoms. The first-order valence-electron chi connectivity index (χ1n) is 2.41. The van der Waals surface area contributed by atoms with Crippen LogP contribution in [0.25, 0.3) is 0 Å². The molecule has 0 saturated heterocycles. The molecular formula is C3H10B2. The molecule has 0 unspecified atom stereocenters. The Hall–Kier alpha value is 0.130. The third kappa shape index (κ3) is 4.13. The molecule has 0 aliphatic rings. The van der Waals surface area contributed by atoms with Gasteiger partial charge in [-0.05, 0) is 0 Å². The van der Waals surface area contributed by atoms with E-state index in [-0.39, 0.29) is 0 Å². The summed E-state index contributed by atoms with van der Waals surface area (Å²) in [4.78, 5) is 0. The highest BCUT2D eigenvalue weighted by atomic mass is 13.6. The highest BCUT2D eigenvalue weighted by Crippen LogP contribution is 1.84. The largest absolute Gasteiger partial charge is 0.101 e.